The number of methoxy groups -OCH3 is 2. The van der Waals surface area contributed by atoms with Crippen molar-refractivity contribution in [1.82, 2.24) is 5.32 Å². The van der Waals surface area contributed by atoms with E-state index in [1.807, 2.05) is 0 Å². The van der Waals surface area contributed by atoms with Crippen LogP contribution in [0.4, 0.5) is 0 Å². The monoisotopic (exact) mass is 371 g/mol. The SMILES string of the molecule is COc1cccc(OC)c1C(=O)OCC(=O)N[C@]1(C)CCS(=O)(=O)C1. The minimum Gasteiger partial charge on any atom is -0.496 e. The lowest BCUT2D eigenvalue weighted by Gasteiger charge is -2.23. The zero-order valence-electron chi connectivity index (χ0n) is 14.3. The molecule has 1 fully saturated rings. The number of amides is 1. The second kappa shape index (κ2) is 7.30. The lowest BCUT2D eigenvalue weighted by atomic mass is 10.0. The van der Waals surface area contributed by atoms with E-state index in [1.165, 1.54) is 14.2 Å². The van der Waals surface area contributed by atoms with Crippen LogP contribution in [0.2, 0.25) is 0 Å². The van der Waals surface area contributed by atoms with Crippen molar-refractivity contribution in [3.8, 4) is 11.5 Å². The van der Waals surface area contributed by atoms with Crippen molar-refractivity contribution in [1.29, 1.82) is 0 Å². The zero-order valence-corrected chi connectivity index (χ0v) is 15.1. The van der Waals surface area contributed by atoms with E-state index >= 15 is 0 Å². The molecule has 1 aliphatic rings. The predicted molar refractivity (Wildman–Crippen MR) is 89.6 cm³/mol. The first-order chi connectivity index (χ1) is 11.7. The zero-order chi connectivity index (χ0) is 18.7. The Morgan fingerprint density at radius 2 is 1.80 bits per heavy atom. The van der Waals surface area contributed by atoms with Crippen LogP contribution in [0, 0.1) is 0 Å². The maximum Gasteiger partial charge on any atom is 0.346 e. The van der Waals surface area contributed by atoms with Gasteiger partial charge in [-0.25, -0.2) is 13.2 Å². The Balaban J connectivity index is 2.00. The molecule has 0 unspecified atom stereocenters. The van der Waals surface area contributed by atoms with Crippen LogP contribution >= 0.6 is 0 Å². The molecule has 1 aromatic rings. The highest BCUT2D eigenvalue weighted by atomic mass is 32.2. The molecule has 2 rings (SSSR count). The largest absolute Gasteiger partial charge is 0.496 e. The number of hydrogen-bond acceptors (Lipinski definition) is 7. The Morgan fingerprint density at radius 1 is 1.20 bits per heavy atom. The normalized spacial score (nSPS) is 21.4. The fourth-order valence-corrected chi connectivity index (χ4v) is 4.83. The molecule has 1 aliphatic heterocycles. The number of rotatable bonds is 6. The summed E-state index contributed by atoms with van der Waals surface area (Å²) in [5.74, 6) is -0.908. The van der Waals surface area contributed by atoms with Gasteiger partial charge in [-0.3, -0.25) is 4.79 Å². The Hall–Kier alpha value is -2.29. The number of carbonyl (C=O) groups excluding carboxylic acids is 2. The van der Waals surface area contributed by atoms with Gasteiger partial charge in [0.1, 0.15) is 17.1 Å². The van der Waals surface area contributed by atoms with Crippen molar-refractivity contribution < 1.29 is 32.2 Å². The molecule has 1 atom stereocenters. The van der Waals surface area contributed by atoms with E-state index in [4.69, 9.17) is 14.2 Å². The number of hydrogen-bond donors (Lipinski definition) is 1. The average molecular weight is 371 g/mol. The first kappa shape index (κ1) is 19.0. The molecule has 9 heteroatoms. The Kier molecular flexibility index (Phi) is 5.56. The molecule has 1 aromatic carbocycles. The van der Waals surface area contributed by atoms with Gasteiger partial charge in [0, 0.05) is 0 Å². The minimum atomic E-state index is -3.15. The van der Waals surface area contributed by atoms with Crippen LogP contribution < -0.4 is 14.8 Å². The fraction of sp³-hybridized carbons (Fsp3) is 0.500. The van der Waals surface area contributed by atoms with Gasteiger partial charge in [0.2, 0.25) is 0 Å². The van der Waals surface area contributed by atoms with Gasteiger partial charge in [0.25, 0.3) is 5.91 Å². The summed E-state index contributed by atoms with van der Waals surface area (Å²) in [7, 11) is -0.343. The quantitative estimate of drug-likeness (QED) is 0.728. The van der Waals surface area contributed by atoms with Crippen LogP contribution in [0.25, 0.3) is 0 Å². The highest BCUT2D eigenvalue weighted by molar-refractivity contribution is 7.91. The third-order valence-corrected chi connectivity index (χ3v) is 5.81. The van der Waals surface area contributed by atoms with E-state index in [2.05, 4.69) is 5.32 Å². The smallest absolute Gasteiger partial charge is 0.346 e. The van der Waals surface area contributed by atoms with Gasteiger partial charge in [-0.05, 0) is 25.5 Å². The number of esters is 1. The predicted octanol–water partition coefficient (Wildman–Crippen LogP) is 0.554. The van der Waals surface area contributed by atoms with Crippen molar-refractivity contribution in [2.45, 2.75) is 18.9 Å². The molecule has 25 heavy (non-hydrogen) atoms. The number of sulfone groups is 1. The molecule has 1 N–H and O–H groups in total. The molecule has 0 radical (unpaired) electrons. The van der Waals surface area contributed by atoms with E-state index in [1.54, 1.807) is 25.1 Å². The van der Waals surface area contributed by atoms with Crippen LogP contribution in [0.3, 0.4) is 0 Å². The molecule has 0 spiro atoms. The van der Waals surface area contributed by atoms with Gasteiger partial charge in [-0.1, -0.05) is 6.07 Å². The Labute approximate surface area is 146 Å². The van der Waals surface area contributed by atoms with Crippen LogP contribution in [-0.4, -0.2) is 58.2 Å². The second-order valence-electron chi connectivity index (χ2n) is 6.06. The number of benzene rings is 1. The number of carbonyl (C=O) groups is 2. The van der Waals surface area contributed by atoms with Gasteiger partial charge in [-0.2, -0.15) is 0 Å². The first-order valence-electron chi connectivity index (χ1n) is 7.59. The van der Waals surface area contributed by atoms with Crippen molar-refractivity contribution in [2.75, 3.05) is 32.3 Å². The molecule has 0 aromatic heterocycles. The summed E-state index contributed by atoms with van der Waals surface area (Å²) in [5, 5.41) is 2.62. The second-order valence-corrected chi connectivity index (χ2v) is 8.25. The summed E-state index contributed by atoms with van der Waals surface area (Å²) >= 11 is 0. The third-order valence-electron chi connectivity index (χ3n) is 3.91. The fourth-order valence-electron chi connectivity index (χ4n) is 2.74. The lowest BCUT2D eigenvalue weighted by molar-refractivity contribution is -0.125. The summed E-state index contributed by atoms with van der Waals surface area (Å²) in [4.78, 5) is 24.3. The number of nitrogens with one attached hydrogen (secondary N) is 1. The summed E-state index contributed by atoms with van der Waals surface area (Å²) in [6, 6.07) is 4.80. The third kappa shape index (κ3) is 4.62. The molecule has 1 amide bonds. The van der Waals surface area contributed by atoms with Crippen LogP contribution in [-0.2, 0) is 19.4 Å². The maximum atomic E-state index is 12.3. The molecule has 0 aliphatic carbocycles. The highest BCUT2D eigenvalue weighted by Crippen LogP contribution is 2.29. The average Bonchev–Trinajstić information content (AvgIpc) is 2.84. The van der Waals surface area contributed by atoms with Crippen LogP contribution in [0.15, 0.2) is 18.2 Å². The van der Waals surface area contributed by atoms with Gasteiger partial charge < -0.3 is 19.5 Å². The van der Waals surface area contributed by atoms with Gasteiger partial charge in [0.05, 0.1) is 31.3 Å². The molecule has 0 saturated carbocycles. The van der Waals surface area contributed by atoms with E-state index in [0.717, 1.165) is 0 Å². The standard InChI is InChI=1S/C16H21NO7S/c1-16(7-8-25(20,21)10-16)17-13(18)9-24-15(19)14-11(22-2)5-4-6-12(14)23-3/h4-6H,7-10H2,1-3H3,(H,17,18)/t16-/m1/s1. The molecule has 138 valence electrons. The molecule has 8 nitrogen and oxygen atoms in total. The molecular weight excluding hydrogens is 350 g/mol. The van der Waals surface area contributed by atoms with E-state index < -0.39 is 33.9 Å². The minimum absolute atomic E-state index is 0.0297. The number of ether oxygens (including phenoxy) is 3. The van der Waals surface area contributed by atoms with Crippen molar-refractivity contribution in [3.05, 3.63) is 23.8 Å². The van der Waals surface area contributed by atoms with Crippen molar-refractivity contribution in [3.63, 3.8) is 0 Å². The van der Waals surface area contributed by atoms with Gasteiger partial charge in [0.15, 0.2) is 16.4 Å². The summed E-state index contributed by atoms with van der Waals surface area (Å²) in [6.07, 6.45) is 0.329. The van der Waals surface area contributed by atoms with Gasteiger partial charge >= 0.3 is 5.97 Å². The molecule has 1 saturated heterocycles. The van der Waals surface area contributed by atoms with E-state index in [-0.39, 0.29) is 28.6 Å². The van der Waals surface area contributed by atoms with E-state index in [0.29, 0.717) is 6.42 Å². The summed E-state index contributed by atoms with van der Waals surface area (Å²) in [6.45, 7) is 1.12. The maximum absolute atomic E-state index is 12.3. The molecule has 1 heterocycles. The molecule has 0 bridgehead atoms. The summed E-state index contributed by atoms with van der Waals surface area (Å²) in [5.41, 5.74) is -0.764. The summed E-state index contributed by atoms with van der Waals surface area (Å²) < 4.78 is 38.4. The van der Waals surface area contributed by atoms with Crippen LogP contribution in [0.1, 0.15) is 23.7 Å². The first-order valence-corrected chi connectivity index (χ1v) is 9.41. The molecular formula is C16H21NO7S. The lowest BCUT2D eigenvalue weighted by Crippen LogP contribution is -2.48. The Bertz CT molecular complexity index is 752. The van der Waals surface area contributed by atoms with Crippen molar-refractivity contribution >= 4 is 21.7 Å². The Morgan fingerprint density at radius 3 is 2.28 bits per heavy atom. The van der Waals surface area contributed by atoms with Crippen LogP contribution in [0.5, 0.6) is 11.5 Å². The highest BCUT2D eigenvalue weighted by Gasteiger charge is 2.39. The van der Waals surface area contributed by atoms with Crippen molar-refractivity contribution in [2.24, 2.45) is 0 Å². The van der Waals surface area contributed by atoms with Gasteiger partial charge in [-0.15, -0.1) is 0 Å². The topological polar surface area (TPSA) is 108 Å². The van der Waals surface area contributed by atoms with E-state index in [9.17, 15) is 18.0 Å².